The lowest BCUT2D eigenvalue weighted by atomic mass is 10.0. The Morgan fingerprint density at radius 3 is 2.70 bits per heavy atom. The molecule has 3 atom stereocenters. The van der Waals surface area contributed by atoms with E-state index < -0.39 is 0 Å². The highest BCUT2D eigenvalue weighted by atomic mass is 16.6. The fourth-order valence-corrected chi connectivity index (χ4v) is 3.64. The van der Waals surface area contributed by atoms with Crippen LogP contribution in [0.15, 0.2) is 4.99 Å². The van der Waals surface area contributed by atoms with Crippen LogP contribution in [0.5, 0.6) is 0 Å². The summed E-state index contributed by atoms with van der Waals surface area (Å²) in [5.41, 5.74) is 0. The zero-order valence-electron chi connectivity index (χ0n) is 17.2. The molecule has 0 aromatic carbocycles. The van der Waals surface area contributed by atoms with Crippen LogP contribution in [0.25, 0.3) is 0 Å². The Morgan fingerprint density at radius 2 is 2.07 bits per heavy atom. The lowest BCUT2D eigenvalue weighted by Crippen LogP contribution is -2.55. The van der Waals surface area contributed by atoms with E-state index in [1.165, 1.54) is 0 Å². The van der Waals surface area contributed by atoms with Crippen molar-refractivity contribution in [2.75, 3.05) is 46.5 Å². The first kappa shape index (κ1) is 21.8. The summed E-state index contributed by atoms with van der Waals surface area (Å²) in [4.78, 5) is 18.5. The van der Waals surface area contributed by atoms with Gasteiger partial charge in [0.1, 0.15) is 6.10 Å². The van der Waals surface area contributed by atoms with Gasteiger partial charge in [0.25, 0.3) is 0 Å². The molecule has 2 fully saturated rings. The zero-order valence-corrected chi connectivity index (χ0v) is 17.2. The molecular formula is C19H36N4O4. The lowest BCUT2D eigenvalue weighted by Gasteiger charge is -2.37. The van der Waals surface area contributed by atoms with Gasteiger partial charge in [-0.3, -0.25) is 4.99 Å². The minimum absolute atomic E-state index is 0.0178. The number of nitrogens with zero attached hydrogens (tertiary/aromatic N) is 2. The van der Waals surface area contributed by atoms with Crippen LogP contribution in [-0.4, -0.2) is 81.7 Å². The molecule has 0 aromatic rings. The maximum atomic E-state index is 11.8. The van der Waals surface area contributed by atoms with Crippen molar-refractivity contribution < 1.29 is 19.0 Å². The van der Waals surface area contributed by atoms with Crippen molar-refractivity contribution in [3.8, 4) is 0 Å². The van der Waals surface area contributed by atoms with Crippen LogP contribution in [0.2, 0.25) is 0 Å². The van der Waals surface area contributed by atoms with Crippen LogP contribution >= 0.6 is 0 Å². The molecule has 0 radical (unpaired) electrons. The van der Waals surface area contributed by atoms with Crippen LogP contribution in [0.1, 0.15) is 40.0 Å². The summed E-state index contributed by atoms with van der Waals surface area (Å²) in [7, 11) is 1.79. The SMILES string of the molecule is CCOC(=O)NC(CNC(=NC)N1CCOC(C2CCCO2)C1)CC(C)C. The number of morpholine rings is 1. The first-order chi connectivity index (χ1) is 13.0. The van der Waals surface area contributed by atoms with Gasteiger partial charge in [0, 0.05) is 39.3 Å². The molecule has 8 heteroatoms. The van der Waals surface area contributed by atoms with Crippen molar-refractivity contribution in [2.24, 2.45) is 10.9 Å². The number of amides is 1. The standard InChI is InChI=1S/C19H36N4O4/c1-5-25-19(24)22-15(11-14(2)3)12-21-18(20-4)23-8-10-27-17(13-23)16-7-6-9-26-16/h14-17H,5-13H2,1-4H3,(H,20,21)(H,22,24). The maximum absolute atomic E-state index is 11.8. The molecule has 0 spiro atoms. The number of rotatable bonds is 7. The molecule has 156 valence electrons. The third-order valence-corrected chi connectivity index (χ3v) is 4.84. The van der Waals surface area contributed by atoms with E-state index in [2.05, 4.69) is 34.4 Å². The van der Waals surface area contributed by atoms with E-state index in [-0.39, 0.29) is 24.3 Å². The molecule has 2 aliphatic heterocycles. The molecular weight excluding hydrogens is 348 g/mol. The number of ether oxygens (including phenoxy) is 3. The molecule has 2 N–H and O–H groups in total. The van der Waals surface area contributed by atoms with E-state index in [4.69, 9.17) is 14.2 Å². The average molecular weight is 385 g/mol. The van der Waals surface area contributed by atoms with Crippen LogP contribution in [0.4, 0.5) is 4.79 Å². The molecule has 0 aliphatic carbocycles. The van der Waals surface area contributed by atoms with Gasteiger partial charge in [-0.1, -0.05) is 13.8 Å². The highest BCUT2D eigenvalue weighted by molar-refractivity contribution is 5.80. The topological polar surface area (TPSA) is 84.4 Å². The molecule has 3 unspecified atom stereocenters. The fourth-order valence-electron chi connectivity index (χ4n) is 3.64. The Balaban J connectivity index is 1.88. The van der Waals surface area contributed by atoms with Crippen LogP contribution < -0.4 is 10.6 Å². The molecule has 8 nitrogen and oxygen atoms in total. The number of hydrogen-bond donors (Lipinski definition) is 2. The summed E-state index contributed by atoms with van der Waals surface area (Å²) in [6.45, 7) is 10.1. The summed E-state index contributed by atoms with van der Waals surface area (Å²) < 4.78 is 16.7. The van der Waals surface area contributed by atoms with Gasteiger partial charge in [0.05, 0.1) is 19.3 Å². The second-order valence-electron chi connectivity index (χ2n) is 7.53. The molecule has 0 aromatic heterocycles. The van der Waals surface area contributed by atoms with Crippen LogP contribution in [-0.2, 0) is 14.2 Å². The Bertz CT molecular complexity index is 480. The lowest BCUT2D eigenvalue weighted by molar-refractivity contribution is -0.0817. The predicted octanol–water partition coefficient (Wildman–Crippen LogP) is 1.60. The van der Waals surface area contributed by atoms with E-state index in [1.54, 1.807) is 14.0 Å². The predicted molar refractivity (Wildman–Crippen MR) is 105 cm³/mol. The van der Waals surface area contributed by atoms with Gasteiger partial charge in [-0.15, -0.1) is 0 Å². The molecule has 1 amide bonds. The molecule has 2 saturated heterocycles. The molecule has 2 rings (SSSR count). The number of carbonyl (C=O) groups excluding carboxylic acids is 1. The van der Waals surface area contributed by atoms with Crippen LogP contribution in [0, 0.1) is 5.92 Å². The van der Waals surface area contributed by atoms with Crippen molar-refractivity contribution in [2.45, 2.75) is 58.3 Å². The number of alkyl carbamates (subject to hydrolysis) is 1. The van der Waals surface area contributed by atoms with E-state index in [0.717, 1.165) is 44.9 Å². The van der Waals surface area contributed by atoms with Crippen molar-refractivity contribution in [1.82, 2.24) is 15.5 Å². The number of nitrogens with one attached hydrogen (secondary N) is 2. The number of hydrogen-bond acceptors (Lipinski definition) is 5. The van der Waals surface area contributed by atoms with Crippen molar-refractivity contribution in [3.05, 3.63) is 0 Å². The van der Waals surface area contributed by atoms with Gasteiger partial charge in [-0.2, -0.15) is 0 Å². The molecule has 27 heavy (non-hydrogen) atoms. The van der Waals surface area contributed by atoms with Gasteiger partial charge < -0.3 is 29.7 Å². The molecule has 2 heterocycles. The monoisotopic (exact) mass is 384 g/mol. The third-order valence-electron chi connectivity index (χ3n) is 4.84. The Labute approximate surface area is 163 Å². The average Bonchev–Trinajstić information content (AvgIpc) is 3.17. The highest BCUT2D eigenvalue weighted by Crippen LogP contribution is 2.21. The molecule has 0 bridgehead atoms. The summed E-state index contributed by atoms with van der Waals surface area (Å²) in [5, 5.41) is 6.36. The summed E-state index contributed by atoms with van der Waals surface area (Å²) in [6, 6.07) is -0.0178. The second kappa shape index (κ2) is 11.3. The molecule has 0 saturated carbocycles. The minimum atomic E-state index is -0.371. The summed E-state index contributed by atoms with van der Waals surface area (Å²) in [6.07, 6.45) is 2.93. The normalized spacial score (nSPS) is 24.8. The Hall–Kier alpha value is -1.54. The number of aliphatic imine (C=N–C) groups is 1. The number of guanidine groups is 1. The third kappa shape index (κ3) is 7.18. The number of carbonyl (C=O) groups is 1. The highest BCUT2D eigenvalue weighted by Gasteiger charge is 2.32. The second-order valence-corrected chi connectivity index (χ2v) is 7.53. The summed E-state index contributed by atoms with van der Waals surface area (Å²) in [5.74, 6) is 1.30. The van der Waals surface area contributed by atoms with E-state index in [0.29, 0.717) is 25.7 Å². The largest absolute Gasteiger partial charge is 0.450 e. The van der Waals surface area contributed by atoms with Crippen LogP contribution in [0.3, 0.4) is 0 Å². The Kier molecular flexibility index (Phi) is 9.14. The van der Waals surface area contributed by atoms with E-state index in [1.807, 2.05) is 0 Å². The molecule has 2 aliphatic rings. The van der Waals surface area contributed by atoms with Gasteiger partial charge >= 0.3 is 6.09 Å². The van der Waals surface area contributed by atoms with E-state index in [9.17, 15) is 4.79 Å². The van der Waals surface area contributed by atoms with Crippen molar-refractivity contribution in [1.29, 1.82) is 0 Å². The van der Waals surface area contributed by atoms with Crippen molar-refractivity contribution in [3.63, 3.8) is 0 Å². The van der Waals surface area contributed by atoms with Gasteiger partial charge in [0.2, 0.25) is 0 Å². The Morgan fingerprint density at radius 1 is 1.30 bits per heavy atom. The van der Waals surface area contributed by atoms with E-state index >= 15 is 0 Å². The van der Waals surface area contributed by atoms with Gasteiger partial charge in [-0.25, -0.2) is 4.79 Å². The quantitative estimate of drug-likeness (QED) is 0.512. The first-order valence-corrected chi connectivity index (χ1v) is 10.2. The zero-order chi connectivity index (χ0) is 19.6. The first-order valence-electron chi connectivity index (χ1n) is 10.2. The minimum Gasteiger partial charge on any atom is -0.450 e. The van der Waals surface area contributed by atoms with Gasteiger partial charge in [-0.05, 0) is 32.1 Å². The van der Waals surface area contributed by atoms with Gasteiger partial charge in [0.15, 0.2) is 5.96 Å². The smallest absolute Gasteiger partial charge is 0.407 e. The van der Waals surface area contributed by atoms with Crippen molar-refractivity contribution >= 4 is 12.1 Å². The fraction of sp³-hybridized carbons (Fsp3) is 0.895. The maximum Gasteiger partial charge on any atom is 0.407 e. The summed E-state index contributed by atoms with van der Waals surface area (Å²) >= 11 is 0.